The average molecular weight is 377 g/mol. The second kappa shape index (κ2) is 6.36. The lowest BCUT2D eigenvalue weighted by Crippen LogP contribution is -2.44. The van der Waals surface area contributed by atoms with Gasteiger partial charge in [0, 0.05) is 18.4 Å². The Labute approximate surface area is 164 Å². The van der Waals surface area contributed by atoms with Crippen LogP contribution in [0.15, 0.2) is 48.5 Å². The molecule has 2 aliphatic carbocycles. The van der Waals surface area contributed by atoms with Gasteiger partial charge in [-0.05, 0) is 48.6 Å². The quantitative estimate of drug-likeness (QED) is 0.887. The molecule has 0 bridgehead atoms. The van der Waals surface area contributed by atoms with E-state index in [1.165, 1.54) is 0 Å². The predicted molar refractivity (Wildman–Crippen MR) is 103 cm³/mol. The maximum atomic E-state index is 12.8. The van der Waals surface area contributed by atoms with Gasteiger partial charge in [-0.15, -0.1) is 0 Å². The number of hydrogen-bond acceptors (Lipinski definition) is 4. The predicted octanol–water partition coefficient (Wildman–Crippen LogP) is 3.37. The number of hydrogen-bond donors (Lipinski definition) is 1. The van der Waals surface area contributed by atoms with Crippen molar-refractivity contribution in [2.24, 2.45) is 17.8 Å². The average Bonchev–Trinajstić information content (AvgIpc) is 3.37. The third-order valence-corrected chi connectivity index (χ3v) is 6.57. The molecule has 2 saturated carbocycles. The molecule has 0 unspecified atom stereocenters. The number of nitrogens with one attached hydrogen (secondary N) is 1. The van der Waals surface area contributed by atoms with Gasteiger partial charge in [0.25, 0.3) is 0 Å². The van der Waals surface area contributed by atoms with Crippen molar-refractivity contribution in [3.05, 3.63) is 59.7 Å². The summed E-state index contributed by atoms with van der Waals surface area (Å²) in [6.45, 7) is 0.494. The summed E-state index contributed by atoms with van der Waals surface area (Å²) in [6.07, 6.45) is 2.18. The molecule has 0 aromatic heterocycles. The van der Waals surface area contributed by atoms with Crippen LogP contribution in [0.2, 0.25) is 0 Å². The van der Waals surface area contributed by atoms with Crippen LogP contribution in [-0.2, 0) is 11.3 Å². The Morgan fingerprint density at radius 1 is 1.21 bits per heavy atom. The van der Waals surface area contributed by atoms with Crippen molar-refractivity contribution in [2.45, 2.75) is 31.4 Å². The summed E-state index contributed by atoms with van der Waals surface area (Å²) in [5.41, 5.74) is 1.20. The molecule has 1 aliphatic heterocycles. The Morgan fingerprint density at radius 3 is 2.79 bits per heavy atom. The number of ether oxygens (including phenoxy) is 2. The molecule has 144 valence electrons. The second-order valence-electron chi connectivity index (χ2n) is 8.08. The number of methoxy groups -OCH3 is 1. The van der Waals surface area contributed by atoms with Gasteiger partial charge in [0.15, 0.2) is 5.78 Å². The van der Waals surface area contributed by atoms with Gasteiger partial charge in [0.2, 0.25) is 5.91 Å². The fourth-order valence-electron chi connectivity index (χ4n) is 5.17. The third-order valence-electron chi connectivity index (χ3n) is 6.57. The fourth-order valence-corrected chi connectivity index (χ4v) is 5.17. The minimum Gasteiger partial charge on any atom is -0.497 e. The first-order valence-electron chi connectivity index (χ1n) is 9.83. The second-order valence-corrected chi connectivity index (χ2v) is 8.08. The van der Waals surface area contributed by atoms with Crippen LogP contribution >= 0.6 is 0 Å². The summed E-state index contributed by atoms with van der Waals surface area (Å²) in [5.74, 6) is 2.09. The minimum atomic E-state index is -0.502. The van der Waals surface area contributed by atoms with E-state index in [-0.39, 0.29) is 23.5 Å². The van der Waals surface area contributed by atoms with E-state index in [4.69, 9.17) is 9.47 Å². The molecular weight excluding hydrogens is 354 g/mol. The Bertz CT molecular complexity index is 938. The number of ketones is 1. The van der Waals surface area contributed by atoms with Crippen LogP contribution in [0.5, 0.6) is 11.5 Å². The van der Waals surface area contributed by atoms with Gasteiger partial charge in [0.05, 0.1) is 19.1 Å². The number of para-hydroxylation sites is 1. The normalized spacial score (nSPS) is 29.6. The van der Waals surface area contributed by atoms with E-state index in [2.05, 4.69) is 5.32 Å². The Morgan fingerprint density at radius 2 is 2.00 bits per heavy atom. The molecule has 5 nitrogen and oxygen atoms in total. The summed E-state index contributed by atoms with van der Waals surface area (Å²) in [5, 5.41) is 3.06. The van der Waals surface area contributed by atoms with Gasteiger partial charge < -0.3 is 14.8 Å². The van der Waals surface area contributed by atoms with Gasteiger partial charge in [-0.3, -0.25) is 9.59 Å². The first-order chi connectivity index (χ1) is 13.6. The lowest BCUT2D eigenvalue weighted by Gasteiger charge is -2.37. The molecule has 1 heterocycles. The number of amides is 1. The maximum Gasteiger partial charge on any atom is 0.224 e. The van der Waals surface area contributed by atoms with E-state index in [1.54, 1.807) is 7.11 Å². The molecule has 1 N–H and O–H groups in total. The highest BCUT2D eigenvalue weighted by molar-refractivity contribution is 6.00. The van der Waals surface area contributed by atoms with Crippen LogP contribution in [0, 0.1) is 17.8 Å². The molecule has 0 saturated heterocycles. The van der Waals surface area contributed by atoms with Gasteiger partial charge in [-0.1, -0.05) is 24.3 Å². The van der Waals surface area contributed by atoms with Gasteiger partial charge >= 0.3 is 0 Å². The highest BCUT2D eigenvalue weighted by atomic mass is 16.5. The standard InChI is InChI=1S/C23H23NO4/c1-27-15-8-6-14(7-9-15)13-24-22(26)20-17-10-11-23(21(17)20)12-18(25)16-4-2-3-5-19(16)28-23/h2-9,17,20-21H,10-13H2,1H3,(H,24,26)/t17-,20-,21+,23-/m1/s1. The number of fused-ring (bicyclic) bond motifs is 3. The SMILES string of the molecule is COc1ccc(CNC(=O)[C@@H]2[C@H]3CC[C@@]4(CC(=O)c5ccccc5O4)[C@@H]32)cc1. The molecule has 1 amide bonds. The molecule has 0 radical (unpaired) electrons. The monoisotopic (exact) mass is 377 g/mol. The molecule has 2 aromatic rings. The van der Waals surface area contributed by atoms with Crippen LogP contribution in [0.1, 0.15) is 35.2 Å². The summed E-state index contributed by atoms with van der Waals surface area (Å²) in [7, 11) is 1.63. The smallest absolute Gasteiger partial charge is 0.224 e. The third kappa shape index (κ3) is 2.68. The van der Waals surface area contributed by atoms with E-state index >= 15 is 0 Å². The highest BCUT2D eigenvalue weighted by Crippen LogP contribution is 2.65. The topological polar surface area (TPSA) is 64.6 Å². The largest absolute Gasteiger partial charge is 0.497 e. The van der Waals surface area contributed by atoms with Gasteiger partial charge in [-0.2, -0.15) is 0 Å². The van der Waals surface area contributed by atoms with Crippen LogP contribution in [0.4, 0.5) is 0 Å². The van der Waals surface area contributed by atoms with Crippen molar-refractivity contribution in [3.8, 4) is 11.5 Å². The molecule has 28 heavy (non-hydrogen) atoms. The van der Waals surface area contributed by atoms with Crippen LogP contribution in [0.25, 0.3) is 0 Å². The lowest BCUT2D eigenvalue weighted by molar-refractivity contribution is -0.124. The number of rotatable bonds is 4. The molecule has 2 fully saturated rings. The summed E-state index contributed by atoms with van der Waals surface area (Å²) in [4.78, 5) is 25.5. The zero-order valence-corrected chi connectivity index (χ0v) is 15.8. The lowest BCUT2D eigenvalue weighted by atomic mass is 9.84. The number of carbonyl (C=O) groups is 2. The van der Waals surface area contributed by atoms with Crippen molar-refractivity contribution in [1.82, 2.24) is 5.32 Å². The van der Waals surface area contributed by atoms with Crippen molar-refractivity contribution < 1.29 is 19.1 Å². The van der Waals surface area contributed by atoms with Crippen molar-refractivity contribution >= 4 is 11.7 Å². The number of Topliss-reactive ketones (excluding diaryl/α,β-unsaturated/α-hetero) is 1. The summed E-state index contributed by atoms with van der Waals surface area (Å²) in [6, 6.07) is 15.1. The zero-order valence-electron chi connectivity index (χ0n) is 15.8. The van der Waals surface area contributed by atoms with E-state index in [1.807, 2.05) is 48.5 Å². The van der Waals surface area contributed by atoms with Crippen molar-refractivity contribution in [3.63, 3.8) is 0 Å². The molecule has 5 heteroatoms. The maximum absolute atomic E-state index is 12.8. The summed E-state index contributed by atoms with van der Waals surface area (Å²) < 4.78 is 11.5. The molecule has 5 rings (SSSR count). The molecular formula is C23H23NO4. The Hall–Kier alpha value is -2.82. The fraction of sp³-hybridized carbons (Fsp3) is 0.391. The van der Waals surface area contributed by atoms with Crippen LogP contribution in [-0.4, -0.2) is 24.4 Å². The Balaban J connectivity index is 1.27. The van der Waals surface area contributed by atoms with Crippen molar-refractivity contribution in [2.75, 3.05) is 7.11 Å². The molecule has 3 aliphatic rings. The van der Waals surface area contributed by atoms with Gasteiger partial charge in [-0.25, -0.2) is 0 Å². The van der Waals surface area contributed by atoms with Crippen LogP contribution < -0.4 is 14.8 Å². The molecule has 4 atom stereocenters. The van der Waals surface area contributed by atoms with E-state index in [9.17, 15) is 9.59 Å². The van der Waals surface area contributed by atoms with E-state index in [0.717, 1.165) is 24.2 Å². The highest BCUT2D eigenvalue weighted by Gasteiger charge is 2.70. The minimum absolute atomic E-state index is 0.0509. The number of carbonyl (C=O) groups excluding carboxylic acids is 2. The van der Waals surface area contributed by atoms with Crippen LogP contribution in [0.3, 0.4) is 0 Å². The van der Waals surface area contributed by atoms with Gasteiger partial charge in [0.1, 0.15) is 17.1 Å². The van der Waals surface area contributed by atoms with E-state index < -0.39 is 5.60 Å². The number of benzene rings is 2. The van der Waals surface area contributed by atoms with E-state index in [0.29, 0.717) is 30.2 Å². The first kappa shape index (κ1) is 17.3. The summed E-state index contributed by atoms with van der Waals surface area (Å²) >= 11 is 0. The Kier molecular flexibility index (Phi) is 3.93. The molecule has 1 spiro atoms. The van der Waals surface area contributed by atoms with Crippen molar-refractivity contribution in [1.29, 1.82) is 0 Å². The first-order valence-corrected chi connectivity index (χ1v) is 9.83. The zero-order chi connectivity index (χ0) is 19.3. The molecule has 2 aromatic carbocycles.